The maximum atomic E-state index is 12.4. The molecule has 0 fully saturated rings. The summed E-state index contributed by atoms with van der Waals surface area (Å²) in [7, 11) is 1.58. The van der Waals surface area contributed by atoms with Crippen LogP contribution in [-0.2, 0) is 22.6 Å². The van der Waals surface area contributed by atoms with Gasteiger partial charge in [-0.2, -0.15) is 5.10 Å². The molecule has 8 nitrogen and oxygen atoms in total. The van der Waals surface area contributed by atoms with Gasteiger partial charge in [-0.3, -0.25) is 14.3 Å². The van der Waals surface area contributed by atoms with Crippen LogP contribution in [-0.4, -0.2) is 35.3 Å². The zero-order valence-electron chi connectivity index (χ0n) is 19.3. The highest BCUT2D eigenvalue weighted by Gasteiger charge is 2.10. The highest BCUT2D eigenvalue weighted by atomic mass is 16.5. The number of carbonyl (C=O) groups is 2. The average Bonchev–Trinajstić information content (AvgIpc) is 3.30. The molecule has 0 unspecified atom stereocenters. The predicted octanol–water partition coefficient (Wildman–Crippen LogP) is 4.14. The number of anilines is 2. The Morgan fingerprint density at radius 2 is 1.57 bits per heavy atom. The molecule has 1 aromatic heterocycles. The first kappa shape index (κ1) is 23.6. The SMILES string of the molecule is COc1ccc(NC(=O)Cn2cc(NC(=O)COc3ccccc3Cc3ccccc3)cn2)cc1. The number of para-hydroxylation sites is 1. The largest absolute Gasteiger partial charge is 0.497 e. The number of nitrogens with one attached hydrogen (secondary N) is 2. The third-order valence-corrected chi connectivity index (χ3v) is 5.17. The Balaban J connectivity index is 1.27. The lowest BCUT2D eigenvalue weighted by Gasteiger charge is -2.11. The number of hydrogen-bond donors (Lipinski definition) is 2. The van der Waals surface area contributed by atoms with Crippen molar-refractivity contribution in [2.75, 3.05) is 24.4 Å². The van der Waals surface area contributed by atoms with E-state index in [0.29, 0.717) is 29.3 Å². The number of nitrogens with zero attached hydrogens (tertiary/aromatic N) is 2. The lowest BCUT2D eigenvalue weighted by Crippen LogP contribution is -2.20. The van der Waals surface area contributed by atoms with Crippen LogP contribution in [0, 0.1) is 0 Å². The van der Waals surface area contributed by atoms with Crippen LogP contribution in [0.4, 0.5) is 11.4 Å². The first-order valence-electron chi connectivity index (χ1n) is 11.1. The van der Waals surface area contributed by atoms with Gasteiger partial charge in [0.25, 0.3) is 5.91 Å². The maximum absolute atomic E-state index is 12.4. The number of ether oxygens (including phenoxy) is 2. The molecule has 0 saturated heterocycles. The zero-order chi connectivity index (χ0) is 24.5. The summed E-state index contributed by atoms with van der Waals surface area (Å²) < 4.78 is 12.3. The van der Waals surface area contributed by atoms with Gasteiger partial charge in [0.15, 0.2) is 6.61 Å². The second-order valence-corrected chi connectivity index (χ2v) is 7.81. The van der Waals surface area contributed by atoms with Crippen molar-refractivity contribution >= 4 is 23.2 Å². The van der Waals surface area contributed by atoms with E-state index in [9.17, 15) is 9.59 Å². The van der Waals surface area contributed by atoms with Crippen molar-refractivity contribution in [2.45, 2.75) is 13.0 Å². The quantitative estimate of drug-likeness (QED) is 0.363. The molecule has 0 bridgehead atoms. The lowest BCUT2D eigenvalue weighted by atomic mass is 10.0. The maximum Gasteiger partial charge on any atom is 0.262 e. The molecule has 0 atom stereocenters. The zero-order valence-corrected chi connectivity index (χ0v) is 19.3. The van der Waals surface area contributed by atoms with Gasteiger partial charge in [-0.25, -0.2) is 0 Å². The van der Waals surface area contributed by atoms with Gasteiger partial charge in [-0.1, -0.05) is 48.5 Å². The molecule has 4 rings (SSSR count). The Morgan fingerprint density at radius 3 is 2.34 bits per heavy atom. The van der Waals surface area contributed by atoms with E-state index in [1.165, 1.54) is 10.9 Å². The first-order chi connectivity index (χ1) is 17.1. The van der Waals surface area contributed by atoms with Crippen LogP contribution in [0.2, 0.25) is 0 Å². The Hall–Kier alpha value is -4.59. The molecule has 0 spiro atoms. The monoisotopic (exact) mass is 470 g/mol. The van der Waals surface area contributed by atoms with E-state index in [0.717, 1.165) is 11.1 Å². The highest BCUT2D eigenvalue weighted by Crippen LogP contribution is 2.21. The highest BCUT2D eigenvalue weighted by molar-refractivity contribution is 5.92. The molecule has 4 aromatic rings. The van der Waals surface area contributed by atoms with Crippen molar-refractivity contribution in [2.24, 2.45) is 0 Å². The second-order valence-electron chi connectivity index (χ2n) is 7.81. The number of rotatable bonds is 10. The average molecular weight is 471 g/mol. The van der Waals surface area contributed by atoms with Crippen LogP contribution in [0.3, 0.4) is 0 Å². The molecule has 0 aliphatic carbocycles. The van der Waals surface area contributed by atoms with Gasteiger partial charge in [0.05, 0.1) is 19.0 Å². The number of aromatic nitrogens is 2. The number of hydrogen-bond acceptors (Lipinski definition) is 5. The molecule has 3 aromatic carbocycles. The van der Waals surface area contributed by atoms with Crippen LogP contribution in [0.25, 0.3) is 0 Å². The van der Waals surface area contributed by atoms with Crippen molar-refractivity contribution < 1.29 is 19.1 Å². The minimum absolute atomic E-state index is 0.00522. The van der Waals surface area contributed by atoms with Gasteiger partial charge in [0.1, 0.15) is 18.0 Å². The minimum atomic E-state index is -0.318. The first-order valence-corrected chi connectivity index (χ1v) is 11.1. The lowest BCUT2D eigenvalue weighted by molar-refractivity contribution is -0.118. The molecule has 0 saturated carbocycles. The van der Waals surface area contributed by atoms with E-state index in [1.807, 2.05) is 42.5 Å². The second kappa shape index (κ2) is 11.5. The van der Waals surface area contributed by atoms with Crippen LogP contribution < -0.4 is 20.1 Å². The Bertz CT molecular complexity index is 1270. The van der Waals surface area contributed by atoms with Crippen LogP contribution in [0.1, 0.15) is 11.1 Å². The smallest absolute Gasteiger partial charge is 0.262 e. The third kappa shape index (κ3) is 6.94. The van der Waals surface area contributed by atoms with E-state index in [-0.39, 0.29) is 25.0 Å². The summed E-state index contributed by atoms with van der Waals surface area (Å²) in [6.07, 6.45) is 3.79. The number of methoxy groups -OCH3 is 1. The van der Waals surface area contributed by atoms with E-state index >= 15 is 0 Å². The molecule has 2 amide bonds. The van der Waals surface area contributed by atoms with Gasteiger partial charge in [0.2, 0.25) is 5.91 Å². The van der Waals surface area contributed by atoms with Crippen LogP contribution in [0.5, 0.6) is 11.5 Å². The molecule has 178 valence electrons. The van der Waals surface area contributed by atoms with E-state index < -0.39 is 0 Å². The molecule has 0 radical (unpaired) electrons. The van der Waals surface area contributed by atoms with E-state index in [1.54, 1.807) is 37.6 Å². The molecule has 0 aliphatic heterocycles. The van der Waals surface area contributed by atoms with Crippen molar-refractivity contribution in [1.29, 1.82) is 0 Å². The van der Waals surface area contributed by atoms with Crippen LogP contribution in [0.15, 0.2) is 91.3 Å². The Labute approximate surface area is 203 Å². The minimum Gasteiger partial charge on any atom is -0.497 e. The fourth-order valence-corrected chi connectivity index (χ4v) is 3.48. The summed E-state index contributed by atoms with van der Waals surface area (Å²) in [5.41, 5.74) is 3.30. The van der Waals surface area contributed by atoms with Gasteiger partial charge >= 0.3 is 0 Å². The summed E-state index contributed by atoms with van der Waals surface area (Å²) >= 11 is 0. The van der Waals surface area contributed by atoms with Crippen molar-refractivity contribution in [1.82, 2.24) is 9.78 Å². The molecular weight excluding hydrogens is 444 g/mol. The molecule has 8 heteroatoms. The summed E-state index contributed by atoms with van der Waals surface area (Å²) in [6.45, 7) is -0.139. The molecule has 1 heterocycles. The number of benzene rings is 3. The summed E-state index contributed by atoms with van der Waals surface area (Å²) in [6, 6.07) is 24.8. The molecular formula is C27H26N4O4. The number of carbonyl (C=O) groups excluding carboxylic acids is 2. The topological polar surface area (TPSA) is 94.5 Å². The standard InChI is InChI=1S/C27H26N4O4/c1-34-24-13-11-22(12-14-24)29-26(32)18-31-17-23(16-28-31)30-27(33)19-35-25-10-6-5-9-21(25)15-20-7-3-2-4-8-20/h2-14,16-17H,15,18-19H2,1H3,(H,29,32)(H,30,33). The van der Waals surface area contributed by atoms with Gasteiger partial charge in [0, 0.05) is 18.3 Å². The van der Waals surface area contributed by atoms with E-state index in [2.05, 4.69) is 27.9 Å². The fraction of sp³-hybridized carbons (Fsp3) is 0.148. The summed E-state index contributed by atoms with van der Waals surface area (Å²) in [5, 5.41) is 9.67. The molecule has 35 heavy (non-hydrogen) atoms. The fourth-order valence-electron chi connectivity index (χ4n) is 3.48. The van der Waals surface area contributed by atoms with Gasteiger partial charge in [-0.15, -0.1) is 0 Å². The Morgan fingerprint density at radius 1 is 0.857 bits per heavy atom. The molecule has 0 aliphatic rings. The predicted molar refractivity (Wildman–Crippen MR) is 134 cm³/mol. The third-order valence-electron chi connectivity index (χ3n) is 5.17. The van der Waals surface area contributed by atoms with Crippen molar-refractivity contribution in [3.8, 4) is 11.5 Å². The van der Waals surface area contributed by atoms with E-state index in [4.69, 9.17) is 9.47 Å². The summed E-state index contributed by atoms with van der Waals surface area (Å²) in [5.74, 6) is 0.813. The summed E-state index contributed by atoms with van der Waals surface area (Å²) in [4.78, 5) is 24.7. The normalized spacial score (nSPS) is 10.4. The number of amides is 2. The van der Waals surface area contributed by atoms with Crippen molar-refractivity contribution in [3.63, 3.8) is 0 Å². The molecule has 2 N–H and O–H groups in total. The van der Waals surface area contributed by atoms with Crippen molar-refractivity contribution in [3.05, 3.63) is 102 Å². The van der Waals surface area contributed by atoms with Gasteiger partial charge in [-0.05, 0) is 41.5 Å². The Kier molecular flexibility index (Phi) is 7.75. The van der Waals surface area contributed by atoms with Gasteiger partial charge < -0.3 is 20.1 Å². The van der Waals surface area contributed by atoms with Crippen LogP contribution >= 0.6 is 0 Å².